The summed E-state index contributed by atoms with van der Waals surface area (Å²) >= 11 is 5.71. The maximum absolute atomic E-state index is 12.2. The first-order valence-corrected chi connectivity index (χ1v) is 7.41. The van der Waals surface area contributed by atoms with Crippen LogP contribution in [0.5, 0.6) is 0 Å². The van der Waals surface area contributed by atoms with Crippen molar-refractivity contribution < 1.29 is 9.21 Å². The van der Waals surface area contributed by atoms with Gasteiger partial charge in [0.25, 0.3) is 5.91 Å². The highest BCUT2D eigenvalue weighted by molar-refractivity contribution is 6.29. The van der Waals surface area contributed by atoms with E-state index in [2.05, 4.69) is 29.2 Å². The van der Waals surface area contributed by atoms with Crippen LogP contribution in [-0.4, -0.2) is 41.9 Å². The number of hydrogen-bond donors (Lipinski definition) is 0. The van der Waals surface area contributed by atoms with Crippen LogP contribution < -0.4 is 0 Å². The number of benzene rings is 1. The van der Waals surface area contributed by atoms with Gasteiger partial charge in [0.1, 0.15) is 0 Å². The summed E-state index contributed by atoms with van der Waals surface area (Å²) in [5, 5.41) is 0.251. The van der Waals surface area contributed by atoms with Gasteiger partial charge in [0.05, 0.1) is 0 Å². The van der Waals surface area contributed by atoms with Crippen LogP contribution in [-0.2, 0) is 6.54 Å². The second-order valence-corrected chi connectivity index (χ2v) is 5.53. The number of carbonyl (C=O) groups is 1. The van der Waals surface area contributed by atoms with Gasteiger partial charge in [0, 0.05) is 32.7 Å². The van der Waals surface area contributed by atoms with Gasteiger partial charge in [-0.05, 0) is 29.3 Å². The third kappa shape index (κ3) is 3.46. The SMILES string of the molecule is O=C(c1ccc(Cl)o1)N1CCN(Cc2ccccc2)CC1. The lowest BCUT2D eigenvalue weighted by atomic mass is 10.2. The van der Waals surface area contributed by atoms with Crippen LogP contribution in [0.1, 0.15) is 16.1 Å². The summed E-state index contributed by atoms with van der Waals surface area (Å²) in [6.07, 6.45) is 0. The highest BCUT2D eigenvalue weighted by atomic mass is 35.5. The van der Waals surface area contributed by atoms with Crippen LogP contribution in [0, 0.1) is 0 Å². The Kier molecular flexibility index (Phi) is 4.27. The van der Waals surface area contributed by atoms with E-state index in [1.54, 1.807) is 12.1 Å². The molecule has 1 saturated heterocycles. The third-order valence-electron chi connectivity index (χ3n) is 3.69. The van der Waals surface area contributed by atoms with Gasteiger partial charge in [-0.1, -0.05) is 30.3 Å². The number of amides is 1. The molecule has 0 aliphatic carbocycles. The van der Waals surface area contributed by atoms with E-state index in [-0.39, 0.29) is 11.1 Å². The highest BCUT2D eigenvalue weighted by Crippen LogP contribution is 2.16. The molecule has 0 N–H and O–H groups in total. The Morgan fingerprint density at radius 2 is 1.76 bits per heavy atom. The smallest absolute Gasteiger partial charge is 0.289 e. The summed E-state index contributed by atoms with van der Waals surface area (Å²) < 4.78 is 5.18. The first-order chi connectivity index (χ1) is 10.2. The van der Waals surface area contributed by atoms with Gasteiger partial charge >= 0.3 is 0 Å². The molecule has 3 rings (SSSR count). The average molecular weight is 305 g/mol. The van der Waals surface area contributed by atoms with E-state index in [1.807, 2.05) is 11.0 Å². The Morgan fingerprint density at radius 1 is 1.05 bits per heavy atom. The van der Waals surface area contributed by atoms with Crippen molar-refractivity contribution in [2.24, 2.45) is 0 Å². The molecule has 1 aromatic heterocycles. The van der Waals surface area contributed by atoms with Gasteiger partial charge in [-0.3, -0.25) is 9.69 Å². The summed E-state index contributed by atoms with van der Waals surface area (Å²) in [5.41, 5.74) is 1.30. The minimum absolute atomic E-state index is 0.0822. The standard InChI is InChI=1S/C16H17ClN2O2/c17-15-7-6-14(21-15)16(20)19-10-8-18(9-11-19)12-13-4-2-1-3-5-13/h1-7H,8-12H2. The Bertz CT molecular complexity index is 604. The Balaban J connectivity index is 1.54. The maximum atomic E-state index is 12.2. The number of nitrogens with zero attached hydrogens (tertiary/aromatic N) is 2. The van der Waals surface area contributed by atoms with Crippen molar-refractivity contribution in [2.75, 3.05) is 26.2 Å². The highest BCUT2D eigenvalue weighted by Gasteiger charge is 2.24. The third-order valence-corrected chi connectivity index (χ3v) is 3.90. The molecular formula is C16H17ClN2O2. The fourth-order valence-corrected chi connectivity index (χ4v) is 2.68. The molecule has 0 atom stereocenters. The molecule has 0 radical (unpaired) electrons. The molecule has 110 valence electrons. The second-order valence-electron chi connectivity index (χ2n) is 5.16. The molecular weight excluding hydrogens is 288 g/mol. The predicted octanol–water partition coefficient (Wildman–Crippen LogP) is 2.89. The predicted molar refractivity (Wildman–Crippen MR) is 81.3 cm³/mol. The quantitative estimate of drug-likeness (QED) is 0.875. The molecule has 1 aliphatic heterocycles. The van der Waals surface area contributed by atoms with E-state index >= 15 is 0 Å². The molecule has 1 amide bonds. The molecule has 0 spiro atoms. The van der Waals surface area contributed by atoms with E-state index in [0.29, 0.717) is 18.8 Å². The van der Waals surface area contributed by atoms with Crippen molar-refractivity contribution in [3.05, 3.63) is 59.0 Å². The molecule has 4 nitrogen and oxygen atoms in total. The number of carbonyl (C=O) groups excluding carboxylic acids is 1. The van der Waals surface area contributed by atoms with Gasteiger partial charge < -0.3 is 9.32 Å². The minimum Gasteiger partial charge on any atom is -0.440 e. The van der Waals surface area contributed by atoms with Crippen LogP contribution in [0.4, 0.5) is 0 Å². The van der Waals surface area contributed by atoms with E-state index in [1.165, 1.54) is 5.56 Å². The molecule has 1 aliphatic rings. The molecule has 1 fully saturated rings. The lowest BCUT2D eigenvalue weighted by molar-refractivity contribution is 0.0598. The summed E-state index contributed by atoms with van der Waals surface area (Å²) in [7, 11) is 0. The number of piperazine rings is 1. The number of rotatable bonds is 3. The minimum atomic E-state index is -0.0822. The van der Waals surface area contributed by atoms with Crippen molar-refractivity contribution in [3.63, 3.8) is 0 Å². The monoisotopic (exact) mass is 304 g/mol. The molecule has 0 saturated carbocycles. The first-order valence-electron chi connectivity index (χ1n) is 7.03. The molecule has 2 aromatic rings. The van der Waals surface area contributed by atoms with Crippen molar-refractivity contribution in [1.29, 1.82) is 0 Å². The van der Waals surface area contributed by atoms with Crippen LogP contribution in [0.25, 0.3) is 0 Å². The number of halogens is 1. The molecule has 1 aromatic carbocycles. The maximum Gasteiger partial charge on any atom is 0.289 e. The van der Waals surface area contributed by atoms with E-state index in [0.717, 1.165) is 19.6 Å². The Morgan fingerprint density at radius 3 is 2.38 bits per heavy atom. The largest absolute Gasteiger partial charge is 0.440 e. The van der Waals surface area contributed by atoms with Gasteiger partial charge in [-0.15, -0.1) is 0 Å². The number of hydrogen-bond acceptors (Lipinski definition) is 3. The van der Waals surface area contributed by atoms with E-state index in [9.17, 15) is 4.79 Å². The second kappa shape index (κ2) is 6.33. The fraction of sp³-hybridized carbons (Fsp3) is 0.312. The molecule has 2 heterocycles. The molecule has 0 unspecified atom stereocenters. The van der Waals surface area contributed by atoms with Crippen molar-refractivity contribution in [2.45, 2.75) is 6.54 Å². The fourth-order valence-electron chi connectivity index (χ4n) is 2.54. The van der Waals surface area contributed by atoms with Gasteiger partial charge in [-0.2, -0.15) is 0 Å². The summed E-state index contributed by atoms with van der Waals surface area (Å²) in [4.78, 5) is 16.4. The normalized spacial score (nSPS) is 16.1. The Hall–Kier alpha value is -1.78. The molecule has 5 heteroatoms. The lowest BCUT2D eigenvalue weighted by Crippen LogP contribution is -2.48. The lowest BCUT2D eigenvalue weighted by Gasteiger charge is -2.34. The average Bonchev–Trinajstić information content (AvgIpc) is 2.95. The van der Waals surface area contributed by atoms with Gasteiger partial charge in [0.15, 0.2) is 11.0 Å². The van der Waals surface area contributed by atoms with Crippen molar-refractivity contribution in [1.82, 2.24) is 9.80 Å². The van der Waals surface area contributed by atoms with E-state index < -0.39 is 0 Å². The molecule has 21 heavy (non-hydrogen) atoms. The zero-order chi connectivity index (χ0) is 14.7. The van der Waals surface area contributed by atoms with Crippen LogP contribution in [0.3, 0.4) is 0 Å². The first kappa shape index (κ1) is 14.2. The molecule has 0 bridgehead atoms. The topological polar surface area (TPSA) is 36.7 Å². The van der Waals surface area contributed by atoms with Gasteiger partial charge in [0.2, 0.25) is 0 Å². The van der Waals surface area contributed by atoms with Crippen LogP contribution in [0.2, 0.25) is 5.22 Å². The summed E-state index contributed by atoms with van der Waals surface area (Å²) in [6.45, 7) is 4.09. The Labute approximate surface area is 128 Å². The zero-order valence-corrected chi connectivity index (χ0v) is 12.4. The van der Waals surface area contributed by atoms with Crippen LogP contribution in [0.15, 0.2) is 46.9 Å². The number of furan rings is 1. The summed E-state index contributed by atoms with van der Waals surface area (Å²) in [5.74, 6) is 0.234. The zero-order valence-electron chi connectivity index (χ0n) is 11.7. The summed E-state index contributed by atoms with van der Waals surface area (Å²) in [6, 6.07) is 13.6. The van der Waals surface area contributed by atoms with Crippen molar-refractivity contribution in [3.8, 4) is 0 Å². The van der Waals surface area contributed by atoms with Crippen LogP contribution >= 0.6 is 11.6 Å². The van der Waals surface area contributed by atoms with Gasteiger partial charge in [-0.25, -0.2) is 0 Å². The van der Waals surface area contributed by atoms with Crippen molar-refractivity contribution >= 4 is 17.5 Å². The van der Waals surface area contributed by atoms with E-state index in [4.69, 9.17) is 16.0 Å².